The summed E-state index contributed by atoms with van der Waals surface area (Å²) in [5, 5.41) is 0. The number of rotatable bonds is 0. The van der Waals surface area contributed by atoms with Crippen LogP contribution >= 0.6 is 0 Å². The van der Waals surface area contributed by atoms with Gasteiger partial charge in [0, 0.05) is 32.7 Å². The molecule has 0 N–H and O–H groups in total. The fourth-order valence-electron chi connectivity index (χ4n) is 11.4. The van der Waals surface area contributed by atoms with Crippen molar-refractivity contribution in [2.75, 3.05) is 0 Å². The van der Waals surface area contributed by atoms with Crippen LogP contribution in [0.2, 0.25) is 0 Å². The standard InChI is InChI=1S/C12H18.C11H20.C10H16.Y/c1-7-3-11-9-5-8(2)10(6-9)12(11)4-7;1-8-3-5-11-7-10(8)6-4-9(11)2;1-5-7-3-10-8(5)4-9(10)6(7)2;/h3,5,7-12H,4,6H2,1-2H3;8-11H,3-7H2,1-2H3;5-10H,3-4H2,1-2H3;/q-2;;;/t;;5?,6?,7?,8-,9+,10?;. The summed E-state index contributed by atoms with van der Waals surface area (Å²) in [5.74, 6) is 17.1. The van der Waals surface area contributed by atoms with E-state index in [1.807, 2.05) is 0 Å². The monoisotopic (exact) mass is 539 g/mol. The molecule has 0 aromatic rings. The van der Waals surface area contributed by atoms with Gasteiger partial charge in [0.1, 0.15) is 0 Å². The van der Waals surface area contributed by atoms with Gasteiger partial charge >= 0.3 is 0 Å². The van der Waals surface area contributed by atoms with Gasteiger partial charge in [0.2, 0.25) is 0 Å². The van der Waals surface area contributed by atoms with Crippen LogP contribution in [0.5, 0.6) is 0 Å². The van der Waals surface area contributed by atoms with Crippen LogP contribution in [0.25, 0.3) is 0 Å². The van der Waals surface area contributed by atoms with E-state index in [-0.39, 0.29) is 32.7 Å². The Kier molecular flexibility index (Phi) is 8.12. The first-order valence-corrected chi connectivity index (χ1v) is 15.5. The first kappa shape index (κ1) is 26.7. The predicted octanol–water partition coefficient (Wildman–Crippen LogP) is 8.96. The summed E-state index contributed by atoms with van der Waals surface area (Å²) < 4.78 is 0. The van der Waals surface area contributed by atoms with Crippen LogP contribution in [0.1, 0.15) is 99.3 Å². The van der Waals surface area contributed by atoms with Crippen LogP contribution < -0.4 is 0 Å². The summed E-state index contributed by atoms with van der Waals surface area (Å²) in [5.41, 5.74) is 0. The van der Waals surface area contributed by atoms with Crippen molar-refractivity contribution in [3.8, 4) is 0 Å². The number of fused-ring (bicyclic) bond motifs is 8. The van der Waals surface area contributed by atoms with E-state index in [1.54, 1.807) is 19.3 Å². The molecule has 0 aromatic heterocycles. The van der Waals surface area contributed by atoms with Crippen molar-refractivity contribution >= 4 is 0 Å². The van der Waals surface area contributed by atoms with Gasteiger partial charge in [-0.1, -0.05) is 79.1 Å². The van der Waals surface area contributed by atoms with E-state index in [2.05, 4.69) is 54.4 Å². The normalized spacial score (nSPS) is 59.1. The Hall–Kier alpha value is 1.10. The second-order valence-electron chi connectivity index (χ2n) is 15.0. The maximum Gasteiger partial charge on any atom is 0 e. The molecule has 0 nitrogen and oxygen atoms in total. The molecule has 8 aliphatic rings. The van der Waals surface area contributed by atoms with Gasteiger partial charge in [-0.05, 0) is 91.3 Å². The van der Waals surface area contributed by atoms with Gasteiger partial charge in [-0.3, -0.25) is 0 Å². The molecule has 8 fully saturated rings. The average Bonchev–Trinajstić information content (AvgIpc) is 3.52. The van der Waals surface area contributed by atoms with Crippen molar-refractivity contribution in [1.29, 1.82) is 0 Å². The Balaban J connectivity index is 0.000000105. The molecule has 14 unspecified atom stereocenters. The zero-order chi connectivity index (χ0) is 23.0. The molecule has 191 valence electrons. The van der Waals surface area contributed by atoms with Crippen molar-refractivity contribution in [2.24, 2.45) is 94.7 Å². The van der Waals surface area contributed by atoms with Gasteiger partial charge in [0.25, 0.3) is 0 Å². The molecule has 0 aliphatic heterocycles. The predicted molar refractivity (Wildman–Crippen MR) is 140 cm³/mol. The fraction of sp³-hybridized carbons (Fsp3) is 0.939. The van der Waals surface area contributed by atoms with Crippen LogP contribution in [0.3, 0.4) is 0 Å². The number of hydrogen-bond donors (Lipinski definition) is 0. The largest absolute Gasteiger partial charge is 0.325 e. The minimum Gasteiger partial charge on any atom is -0.325 e. The first-order chi connectivity index (χ1) is 15.8. The van der Waals surface area contributed by atoms with Gasteiger partial charge in [-0.25, -0.2) is 0 Å². The Morgan fingerprint density at radius 2 is 1.09 bits per heavy atom. The summed E-state index contributed by atoms with van der Waals surface area (Å²) in [6.07, 6.45) is 19.1. The van der Waals surface area contributed by atoms with Crippen LogP contribution in [-0.2, 0) is 32.7 Å². The maximum atomic E-state index is 2.64. The summed E-state index contributed by atoms with van der Waals surface area (Å²) in [4.78, 5) is 0. The van der Waals surface area contributed by atoms with E-state index >= 15 is 0 Å². The quantitative estimate of drug-likeness (QED) is 0.270. The van der Waals surface area contributed by atoms with Crippen LogP contribution in [0.4, 0.5) is 0 Å². The molecule has 8 saturated carbocycles. The molecule has 6 bridgehead atoms. The maximum absolute atomic E-state index is 2.64. The molecule has 0 heterocycles. The topological polar surface area (TPSA) is 0 Å². The Morgan fingerprint density at radius 1 is 0.500 bits per heavy atom. The van der Waals surface area contributed by atoms with E-state index < -0.39 is 0 Å². The molecule has 0 spiro atoms. The Morgan fingerprint density at radius 3 is 1.62 bits per heavy atom. The van der Waals surface area contributed by atoms with E-state index in [0.29, 0.717) is 0 Å². The zero-order valence-corrected chi connectivity index (χ0v) is 26.2. The average molecular weight is 540 g/mol. The van der Waals surface area contributed by atoms with Crippen molar-refractivity contribution in [3.63, 3.8) is 0 Å². The van der Waals surface area contributed by atoms with Crippen molar-refractivity contribution in [1.82, 2.24) is 0 Å². The van der Waals surface area contributed by atoms with Crippen molar-refractivity contribution in [2.45, 2.75) is 99.3 Å². The molecule has 0 amide bonds. The molecule has 0 saturated heterocycles. The summed E-state index contributed by atoms with van der Waals surface area (Å²) in [6, 6.07) is 0. The molecule has 8 aliphatic carbocycles. The first-order valence-electron chi connectivity index (χ1n) is 15.5. The Bertz CT molecular complexity index is 661. The third-order valence-corrected chi connectivity index (χ3v) is 13.6. The molecule has 34 heavy (non-hydrogen) atoms. The minimum absolute atomic E-state index is 0. The molecule has 1 radical (unpaired) electrons. The summed E-state index contributed by atoms with van der Waals surface area (Å²) in [7, 11) is 0. The van der Waals surface area contributed by atoms with E-state index in [4.69, 9.17) is 0 Å². The molecular weight excluding hydrogens is 485 g/mol. The van der Waals surface area contributed by atoms with Gasteiger partial charge in [0.15, 0.2) is 0 Å². The second kappa shape index (κ2) is 10.3. The van der Waals surface area contributed by atoms with Crippen LogP contribution in [0.15, 0.2) is 0 Å². The molecule has 0 aromatic carbocycles. The third-order valence-electron chi connectivity index (χ3n) is 13.6. The smallest absolute Gasteiger partial charge is 0 e. The Labute approximate surface area is 238 Å². The van der Waals surface area contributed by atoms with E-state index in [1.165, 1.54) is 56.3 Å². The zero-order valence-electron chi connectivity index (χ0n) is 23.3. The van der Waals surface area contributed by atoms with Crippen molar-refractivity contribution in [3.05, 3.63) is 12.8 Å². The van der Waals surface area contributed by atoms with Gasteiger partial charge < -0.3 is 12.8 Å². The second-order valence-corrected chi connectivity index (χ2v) is 15.0. The summed E-state index contributed by atoms with van der Waals surface area (Å²) in [6.45, 7) is 14.7. The number of hydrogen-bond acceptors (Lipinski definition) is 0. The van der Waals surface area contributed by atoms with Gasteiger partial charge in [-0.2, -0.15) is 23.7 Å². The van der Waals surface area contributed by atoms with Crippen molar-refractivity contribution < 1.29 is 32.7 Å². The fourth-order valence-corrected chi connectivity index (χ4v) is 11.4. The molecular formula is C33H54Y-2. The molecule has 16 atom stereocenters. The van der Waals surface area contributed by atoms with E-state index in [0.717, 1.165) is 76.9 Å². The minimum atomic E-state index is 0. The van der Waals surface area contributed by atoms with Gasteiger partial charge in [0.05, 0.1) is 0 Å². The van der Waals surface area contributed by atoms with Crippen LogP contribution in [0, 0.1) is 108 Å². The summed E-state index contributed by atoms with van der Waals surface area (Å²) >= 11 is 0. The van der Waals surface area contributed by atoms with Crippen LogP contribution in [-0.4, -0.2) is 0 Å². The van der Waals surface area contributed by atoms with Gasteiger partial charge in [-0.15, -0.1) is 0 Å². The molecule has 1 heteroatoms. The van der Waals surface area contributed by atoms with E-state index in [9.17, 15) is 0 Å². The SMILES string of the molecule is CC1C2CC3[C@@H]1C[C@H]3C2C.CC1CCC2CC1CCC2C.CC1[CH-]C2C3[CH-]C(C)C(C3)C2C1.[Y]. The molecule has 8 rings (SSSR count). The third kappa shape index (κ3) is 4.50.